The number of rotatable bonds is 7. The van der Waals surface area contributed by atoms with E-state index in [-0.39, 0.29) is 0 Å². The number of aromatic nitrogens is 1. The van der Waals surface area contributed by atoms with Crippen molar-refractivity contribution >= 4 is 17.4 Å². The van der Waals surface area contributed by atoms with Crippen LogP contribution >= 0.6 is 0 Å². The number of anilines is 1. The van der Waals surface area contributed by atoms with Gasteiger partial charge in [0.1, 0.15) is 11.5 Å². The number of hydrogen-bond donors (Lipinski definition) is 1. The van der Waals surface area contributed by atoms with Crippen LogP contribution in [-0.4, -0.2) is 41.1 Å². The fraction of sp³-hybridized carbons (Fsp3) is 0.296. The lowest BCUT2D eigenvalue weighted by Gasteiger charge is -2.25. The molecular formula is C27H25F4N3O3. The number of carbonyl (C=O) groups is 1. The maximum Gasteiger partial charge on any atom is 0.431 e. The van der Waals surface area contributed by atoms with Crippen molar-refractivity contribution in [3.63, 3.8) is 0 Å². The number of halogens is 4. The Balaban J connectivity index is 1.55. The summed E-state index contributed by atoms with van der Waals surface area (Å²) >= 11 is 0. The first-order valence-electron chi connectivity index (χ1n) is 11.5. The summed E-state index contributed by atoms with van der Waals surface area (Å²) in [6, 6.07) is 13.0. The van der Waals surface area contributed by atoms with Crippen LogP contribution in [0, 0.1) is 18.7 Å². The Morgan fingerprint density at radius 1 is 1.14 bits per heavy atom. The SMILES string of the molecule is COc1cc(-c2ccc(Cc3ccc(N4N=C(C(F)(F)F)C(C)C4CC(=O)O)cc3)c(C)c2)c(F)cn1. The van der Waals surface area contributed by atoms with Crippen LogP contribution in [0.1, 0.15) is 30.0 Å². The predicted octanol–water partition coefficient (Wildman–Crippen LogP) is 6.01. The highest BCUT2D eigenvalue weighted by molar-refractivity contribution is 5.96. The zero-order valence-corrected chi connectivity index (χ0v) is 20.4. The Kier molecular flexibility index (Phi) is 7.20. The summed E-state index contributed by atoms with van der Waals surface area (Å²) in [5.74, 6) is -2.43. The fourth-order valence-corrected chi connectivity index (χ4v) is 4.48. The summed E-state index contributed by atoms with van der Waals surface area (Å²) in [6.45, 7) is 3.26. The van der Waals surface area contributed by atoms with Crippen LogP contribution in [-0.2, 0) is 11.2 Å². The van der Waals surface area contributed by atoms with E-state index in [0.717, 1.165) is 27.9 Å². The largest absolute Gasteiger partial charge is 0.481 e. The number of carboxylic acids is 1. The summed E-state index contributed by atoms with van der Waals surface area (Å²) in [7, 11) is 1.46. The van der Waals surface area contributed by atoms with Gasteiger partial charge in [-0.25, -0.2) is 9.37 Å². The third kappa shape index (κ3) is 5.58. The summed E-state index contributed by atoms with van der Waals surface area (Å²) in [5.41, 5.74) is 3.29. The first-order valence-corrected chi connectivity index (χ1v) is 11.5. The van der Waals surface area contributed by atoms with Crippen molar-refractivity contribution in [2.75, 3.05) is 12.1 Å². The summed E-state index contributed by atoms with van der Waals surface area (Å²) in [6.07, 6.45) is -3.45. The Bertz CT molecular complexity index is 1340. The van der Waals surface area contributed by atoms with Crippen molar-refractivity contribution in [1.82, 2.24) is 4.98 Å². The molecule has 2 heterocycles. The minimum absolute atomic E-state index is 0.308. The van der Waals surface area contributed by atoms with Crippen molar-refractivity contribution in [2.24, 2.45) is 11.0 Å². The molecular weight excluding hydrogens is 490 g/mol. The molecule has 0 saturated heterocycles. The van der Waals surface area contributed by atoms with E-state index in [1.165, 1.54) is 20.1 Å². The van der Waals surface area contributed by atoms with Crippen LogP contribution in [0.25, 0.3) is 11.1 Å². The molecule has 10 heteroatoms. The number of carboxylic acid groups (broad SMARTS) is 1. The van der Waals surface area contributed by atoms with Gasteiger partial charge in [-0.3, -0.25) is 9.80 Å². The van der Waals surface area contributed by atoms with Crippen molar-refractivity contribution < 1.29 is 32.2 Å². The van der Waals surface area contributed by atoms with Crippen LogP contribution in [0.3, 0.4) is 0 Å². The quantitative estimate of drug-likeness (QED) is 0.390. The molecule has 0 fully saturated rings. The molecule has 1 N–H and O–H groups in total. The highest BCUT2D eigenvalue weighted by Crippen LogP contribution is 2.36. The van der Waals surface area contributed by atoms with E-state index < -0.39 is 42.1 Å². The standard InChI is InChI=1S/C27H25F4N3O3/c1-15-10-19(21-12-24(37-3)32-14-22(21)28)7-6-18(15)11-17-4-8-20(9-5-17)34-23(13-25(35)36)16(2)26(33-34)27(29,30)31/h4-10,12,14,16,23H,11,13H2,1-3H3,(H,35,36). The maximum atomic E-state index is 14.3. The van der Waals surface area contributed by atoms with Crippen LogP contribution in [0.5, 0.6) is 5.88 Å². The number of methoxy groups -OCH3 is 1. The van der Waals surface area contributed by atoms with Gasteiger partial charge in [0.2, 0.25) is 5.88 Å². The number of hydrazone groups is 1. The Hall–Kier alpha value is -3.95. The minimum atomic E-state index is -4.64. The van der Waals surface area contributed by atoms with Crippen LogP contribution in [0.2, 0.25) is 0 Å². The monoisotopic (exact) mass is 515 g/mol. The molecule has 1 aliphatic heterocycles. The zero-order chi connectivity index (χ0) is 26.9. The van der Waals surface area contributed by atoms with Crippen molar-refractivity contribution in [3.05, 3.63) is 77.2 Å². The number of pyridine rings is 1. The molecule has 3 aromatic rings. The first kappa shape index (κ1) is 26.1. The Morgan fingerprint density at radius 3 is 2.43 bits per heavy atom. The maximum absolute atomic E-state index is 14.3. The second-order valence-electron chi connectivity index (χ2n) is 8.97. The Labute approximate surface area is 211 Å². The van der Waals surface area contributed by atoms with Crippen LogP contribution in [0.15, 0.2) is 59.8 Å². The van der Waals surface area contributed by atoms with E-state index >= 15 is 0 Å². The molecule has 1 aromatic heterocycles. The lowest BCUT2D eigenvalue weighted by atomic mass is 9.94. The zero-order valence-electron chi connectivity index (χ0n) is 20.4. The highest BCUT2D eigenvalue weighted by atomic mass is 19.4. The molecule has 2 aromatic carbocycles. The van der Waals surface area contributed by atoms with Crippen molar-refractivity contribution in [2.45, 2.75) is 38.9 Å². The number of ether oxygens (including phenoxy) is 1. The molecule has 0 spiro atoms. The number of nitrogens with zero attached hydrogens (tertiary/aromatic N) is 3. The van der Waals surface area contributed by atoms with E-state index in [4.69, 9.17) is 4.74 Å². The van der Waals surface area contributed by atoms with Gasteiger partial charge < -0.3 is 9.84 Å². The molecule has 0 bridgehead atoms. The van der Waals surface area contributed by atoms with Gasteiger partial charge in [-0.2, -0.15) is 18.3 Å². The molecule has 2 atom stereocenters. The number of aryl methyl sites for hydroxylation is 1. The molecule has 194 valence electrons. The van der Waals surface area contributed by atoms with Crippen LogP contribution < -0.4 is 9.75 Å². The normalized spacial score (nSPS) is 17.6. The average molecular weight is 516 g/mol. The third-order valence-corrected chi connectivity index (χ3v) is 6.50. The summed E-state index contributed by atoms with van der Waals surface area (Å²) in [5, 5.41) is 14.1. The van der Waals surface area contributed by atoms with Gasteiger partial charge in [-0.05, 0) is 47.7 Å². The first-order chi connectivity index (χ1) is 17.5. The molecule has 2 unspecified atom stereocenters. The number of aliphatic carboxylic acids is 1. The van der Waals surface area contributed by atoms with Gasteiger partial charge in [-0.1, -0.05) is 37.3 Å². The van der Waals surface area contributed by atoms with Gasteiger partial charge in [0, 0.05) is 17.5 Å². The van der Waals surface area contributed by atoms with Gasteiger partial charge in [0.05, 0.1) is 31.5 Å². The molecule has 4 rings (SSSR count). The minimum Gasteiger partial charge on any atom is -0.481 e. The highest BCUT2D eigenvalue weighted by Gasteiger charge is 2.48. The van der Waals surface area contributed by atoms with Gasteiger partial charge in [-0.15, -0.1) is 0 Å². The van der Waals surface area contributed by atoms with E-state index in [2.05, 4.69) is 10.1 Å². The molecule has 0 amide bonds. The fourth-order valence-electron chi connectivity index (χ4n) is 4.48. The molecule has 6 nitrogen and oxygen atoms in total. The smallest absolute Gasteiger partial charge is 0.431 e. The van der Waals surface area contributed by atoms with E-state index in [1.807, 2.05) is 25.1 Å². The predicted molar refractivity (Wildman–Crippen MR) is 131 cm³/mol. The van der Waals surface area contributed by atoms with Crippen molar-refractivity contribution in [1.29, 1.82) is 0 Å². The molecule has 0 aliphatic carbocycles. The molecule has 0 radical (unpaired) electrons. The molecule has 0 saturated carbocycles. The second-order valence-corrected chi connectivity index (χ2v) is 8.97. The Morgan fingerprint density at radius 2 is 1.84 bits per heavy atom. The van der Waals surface area contributed by atoms with E-state index in [1.54, 1.807) is 24.3 Å². The third-order valence-electron chi connectivity index (χ3n) is 6.50. The number of hydrogen-bond acceptors (Lipinski definition) is 5. The second kappa shape index (κ2) is 10.2. The van der Waals surface area contributed by atoms with Crippen LogP contribution in [0.4, 0.5) is 23.2 Å². The van der Waals surface area contributed by atoms with Crippen molar-refractivity contribution in [3.8, 4) is 17.0 Å². The number of alkyl halides is 3. The topological polar surface area (TPSA) is 75.0 Å². The van der Waals surface area contributed by atoms with E-state index in [9.17, 15) is 27.5 Å². The molecule has 1 aliphatic rings. The van der Waals surface area contributed by atoms with Gasteiger partial charge in [0.15, 0.2) is 0 Å². The van der Waals surface area contributed by atoms with E-state index in [0.29, 0.717) is 29.1 Å². The summed E-state index contributed by atoms with van der Waals surface area (Å²) < 4.78 is 59.7. The molecule has 37 heavy (non-hydrogen) atoms. The average Bonchev–Trinajstić information content (AvgIpc) is 3.17. The lowest BCUT2D eigenvalue weighted by molar-refractivity contribution is -0.137. The van der Waals surface area contributed by atoms with Gasteiger partial charge >= 0.3 is 12.1 Å². The van der Waals surface area contributed by atoms with Gasteiger partial charge in [0.25, 0.3) is 0 Å². The summed E-state index contributed by atoms with van der Waals surface area (Å²) in [4.78, 5) is 15.2. The lowest BCUT2D eigenvalue weighted by Crippen LogP contribution is -2.36. The number of benzene rings is 2.